The number of carbonyl (C=O) groups is 2. The van der Waals surface area contributed by atoms with Crippen molar-refractivity contribution in [2.45, 2.75) is 157 Å². The maximum Gasteiger partial charge on any atom is 0.243 e. The monoisotopic (exact) mass is 697 g/mol. The van der Waals surface area contributed by atoms with E-state index < -0.39 is 12.1 Å². The van der Waals surface area contributed by atoms with Crippen molar-refractivity contribution in [1.29, 1.82) is 0 Å². The summed E-state index contributed by atoms with van der Waals surface area (Å²) in [5, 5.41) is 6.15. The van der Waals surface area contributed by atoms with Gasteiger partial charge in [0.05, 0.1) is 0 Å². The molecule has 0 aromatic heterocycles. The molecule has 6 atom stereocenters. The zero-order valence-electron chi connectivity index (χ0n) is 33.9. The Hall–Kier alpha value is -2.18. The van der Waals surface area contributed by atoms with Crippen molar-refractivity contribution in [1.82, 2.24) is 20.4 Å². The van der Waals surface area contributed by atoms with E-state index in [0.29, 0.717) is 36.5 Å². The molecule has 1 rings (SSSR count). The average Bonchev–Trinajstić information content (AvgIpc) is 3.07. The summed E-state index contributed by atoms with van der Waals surface area (Å²) < 4.78 is 0. The first-order valence-electron chi connectivity index (χ1n) is 20.8. The quantitative estimate of drug-likeness (QED) is 0.0580. The lowest BCUT2D eigenvalue weighted by atomic mass is 10.00. The molecule has 0 aliphatic carbocycles. The minimum atomic E-state index is -0.412. The van der Waals surface area contributed by atoms with Gasteiger partial charge in [0.15, 0.2) is 0 Å². The first kappa shape index (κ1) is 45.8. The third-order valence-electron chi connectivity index (χ3n) is 9.74. The van der Waals surface area contributed by atoms with Crippen molar-refractivity contribution in [2.24, 2.45) is 23.7 Å². The van der Waals surface area contributed by atoms with Gasteiger partial charge < -0.3 is 20.4 Å². The molecule has 288 valence electrons. The van der Waals surface area contributed by atoms with Crippen LogP contribution in [0.4, 0.5) is 0 Å². The van der Waals surface area contributed by atoms with Gasteiger partial charge in [0.25, 0.3) is 0 Å². The van der Waals surface area contributed by atoms with Gasteiger partial charge in [0.2, 0.25) is 11.8 Å². The summed E-state index contributed by atoms with van der Waals surface area (Å²) in [7, 11) is 0. The van der Waals surface area contributed by atoms with Crippen LogP contribution < -0.4 is 10.6 Å². The Balaban J connectivity index is 2.56. The number of hydrogen-bond donors (Lipinski definition) is 2. The maximum absolute atomic E-state index is 13.1. The van der Waals surface area contributed by atoms with Gasteiger partial charge >= 0.3 is 0 Å². The lowest BCUT2D eigenvalue weighted by Crippen LogP contribution is -2.61. The van der Waals surface area contributed by atoms with Crippen LogP contribution >= 0.6 is 0 Å². The highest BCUT2D eigenvalue weighted by atomic mass is 16.2. The highest BCUT2D eigenvalue weighted by Gasteiger charge is 2.32. The SMILES string of the molecule is CC/C=C\CC(C)CN(CCCCC1NC(=O)C(CCCCN(CC(C)C/C=C\CC)CC(C)C/C=C\CC)NC1=O)CC(C)C/C=C\CC. The zero-order valence-corrected chi connectivity index (χ0v) is 33.9. The summed E-state index contributed by atoms with van der Waals surface area (Å²) in [5.74, 6) is 2.45. The third-order valence-corrected chi connectivity index (χ3v) is 9.74. The smallest absolute Gasteiger partial charge is 0.243 e. The number of carbonyl (C=O) groups excluding carboxylic acids is 2. The van der Waals surface area contributed by atoms with E-state index in [-0.39, 0.29) is 11.8 Å². The van der Waals surface area contributed by atoms with Crippen LogP contribution in [0.25, 0.3) is 0 Å². The lowest BCUT2D eigenvalue weighted by Gasteiger charge is -2.31. The van der Waals surface area contributed by atoms with E-state index in [4.69, 9.17) is 0 Å². The standard InChI is InChI=1S/C44H80N4O2/c1-9-13-17-25-37(5)33-47(34-38(6)26-18-14-10-2)31-23-21-29-41-43(49)46-42(44(50)45-41)30-22-24-32-48(35-39(7)27-19-15-11-3)36-40(8)28-20-16-12-4/h13-20,37-42H,9-12,21-36H2,1-8H3,(H,45,50)(H,46,49)/b17-13-,18-14-,19-15-,20-16-. The molecule has 2 amide bonds. The number of allylic oxidation sites excluding steroid dienone is 8. The molecule has 0 saturated carbocycles. The molecule has 1 heterocycles. The Bertz CT molecular complexity index is 863. The van der Waals surface area contributed by atoms with Crippen LogP contribution in [0.15, 0.2) is 48.6 Å². The molecular weight excluding hydrogens is 617 g/mol. The Labute approximate surface area is 310 Å². The van der Waals surface area contributed by atoms with Crippen molar-refractivity contribution in [3.05, 3.63) is 48.6 Å². The van der Waals surface area contributed by atoms with Crippen LogP contribution in [0, 0.1) is 23.7 Å². The number of hydrogen-bond acceptors (Lipinski definition) is 4. The molecule has 0 aromatic carbocycles. The van der Waals surface area contributed by atoms with Crippen molar-refractivity contribution < 1.29 is 9.59 Å². The van der Waals surface area contributed by atoms with Gasteiger partial charge in [-0.25, -0.2) is 0 Å². The Morgan fingerprint density at radius 3 is 1.02 bits per heavy atom. The van der Waals surface area contributed by atoms with Crippen LogP contribution in [0.1, 0.15) is 145 Å². The number of nitrogens with one attached hydrogen (secondary N) is 2. The van der Waals surface area contributed by atoms with E-state index in [0.717, 1.165) is 116 Å². The molecule has 6 nitrogen and oxygen atoms in total. The van der Waals surface area contributed by atoms with E-state index in [1.54, 1.807) is 0 Å². The van der Waals surface area contributed by atoms with Gasteiger partial charge in [0.1, 0.15) is 12.1 Å². The van der Waals surface area contributed by atoms with Crippen molar-refractivity contribution in [2.75, 3.05) is 39.3 Å². The van der Waals surface area contributed by atoms with Crippen LogP contribution in [-0.2, 0) is 9.59 Å². The fourth-order valence-corrected chi connectivity index (χ4v) is 7.01. The van der Waals surface area contributed by atoms with Gasteiger partial charge in [-0.15, -0.1) is 0 Å². The molecule has 0 bridgehead atoms. The molecule has 1 aliphatic rings. The summed E-state index contributed by atoms with van der Waals surface area (Å²) in [6.07, 6.45) is 32.6. The number of amides is 2. The second-order valence-electron chi connectivity index (χ2n) is 15.5. The maximum atomic E-state index is 13.1. The summed E-state index contributed by atoms with van der Waals surface area (Å²) in [4.78, 5) is 31.4. The third kappa shape index (κ3) is 22.6. The minimum absolute atomic E-state index is 0.0105. The Morgan fingerprint density at radius 1 is 0.480 bits per heavy atom. The number of piperazine rings is 1. The van der Waals surface area contributed by atoms with Crippen LogP contribution in [-0.4, -0.2) is 73.0 Å². The lowest BCUT2D eigenvalue weighted by molar-refractivity contribution is -0.137. The van der Waals surface area contributed by atoms with Crippen molar-refractivity contribution in [3.8, 4) is 0 Å². The molecule has 1 fully saturated rings. The van der Waals surface area contributed by atoms with E-state index in [1.807, 2.05) is 0 Å². The number of rotatable bonds is 30. The van der Waals surface area contributed by atoms with E-state index >= 15 is 0 Å². The van der Waals surface area contributed by atoms with E-state index in [1.165, 1.54) is 0 Å². The topological polar surface area (TPSA) is 64.7 Å². The molecule has 0 radical (unpaired) electrons. The summed E-state index contributed by atoms with van der Waals surface area (Å²) in [6, 6.07) is -0.823. The predicted octanol–water partition coefficient (Wildman–Crippen LogP) is 9.88. The second-order valence-corrected chi connectivity index (χ2v) is 15.5. The number of unbranched alkanes of at least 4 members (excludes halogenated alkanes) is 2. The Morgan fingerprint density at radius 2 is 0.760 bits per heavy atom. The summed E-state index contributed by atoms with van der Waals surface area (Å²) in [5.41, 5.74) is 0. The van der Waals surface area contributed by atoms with Gasteiger partial charge in [-0.05, 0) is 127 Å². The fraction of sp³-hybridized carbons (Fsp3) is 0.773. The molecule has 2 N–H and O–H groups in total. The molecular formula is C44H80N4O2. The van der Waals surface area contributed by atoms with Gasteiger partial charge in [-0.2, -0.15) is 0 Å². The largest absolute Gasteiger partial charge is 0.343 e. The molecule has 6 unspecified atom stereocenters. The number of nitrogens with zero attached hydrogens (tertiary/aromatic N) is 2. The van der Waals surface area contributed by atoms with Crippen LogP contribution in [0.5, 0.6) is 0 Å². The summed E-state index contributed by atoms with van der Waals surface area (Å²) >= 11 is 0. The second kappa shape index (κ2) is 29.4. The van der Waals surface area contributed by atoms with Crippen molar-refractivity contribution in [3.63, 3.8) is 0 Å². The van der Waals surface area contributed by atoms with Crippen LogP contribution in [0.2, 0.25) is 0 Å². The first-order valence-corrected chi connectivity index (χ1v) is 20.8. The van der Waals surface area contributed by atoms with E-state index in [2.05, 4.69) is 124 Å². The fourth-order valence-electron chi connectivity index (χ4n) is 7.01. The minimum Gasteiger partial charge on any atom is -0.343 e. The first-order chi connectivity index (χ1) is 24.1. The Kier molecular flexibility index (Phi) is 27.0. The van der Waals surface area contributed by atoms with Gasteiger partial charge in [0, 0.05) is 26.2 Å². The predicted molar refractivity (Wildman–Crippen MR) is 217 cm³/mol. The van der Waals surface area contributed by atoms with Gasteiger partial charge in [-0.1, -0.05) is 104 Å². The van der Waals surface area contributed by atoms with E-state index in [9.17, 15) is 9.59 Å². The highest BCUT2D eigenvalue weighted by molar-refractivity contribution is 5.96. The normalized spacial score (nSPS) is 19.7. The summed E-state index contributed by atoms with van der Waals surface area (Å²) in [6.45, 7) is 24.6. The molecule has 1 aliphatic heterocycles. The van der Waals surface area contributed by atoms with Crippen molar-refractivity contribution >= 4 is 11.8 Å². The molecule has 0 spiro atoms. The molecule has 50 heavy (non-hydrogen) atoms. The molecule has 0 aromatic rings. The molecule has 1 saturated heterocycles. The zero-order chi connectivity index (χ0) is 37.0. The average molecular weight is 697 g/mol. The van der Waals surface area contributed by atoms with Gasteiger partial charge in [-0.3, -0.25) is 9.59 Å². The molecule has 6 heteroatoms. The van der Waals surface area contributed by atoms with Crippen LogP contribution in [0.3, 0.4) is 0 Å². The highest BCUT2D eigenvalue weighted by Crippen LogP contribution is 2.17.